The molecule has 1 nitrogen and oxygen atoms in total. The second kappa shape index (κ2) is 7.11. The van der Waals surface area contributed by atoms with Crippen molar-refractivity contribution in [2.45, 2.75) is 45.6 Å². The SMILES string of the molecule is C=CCCCC(O)/C(C)=C/CC. The molecule has 0 spiro atoms. The summed E-state index contributed by atoms with van der Waals surface area (Å²) in [6, 6.07) is 0. The predicted octanol–water partition coefficient (Wildman–Crippen LogP) is 3.06. The maximum Gasteiger partial charge on any atom is 0.0747 e. The lowest BCUT2D eigenvalue weighted by molar-refractivity contribution is 0.197. The summed E-state index contributed by atoms with van der Waals surface area (Å²) in [6.45, 7) is 7.71. The third kappa shape index (κ3) is 5.14. The van der Waals surface area contributed by atoms with E-state index >= 15 is 0 Å². The Kier molecular flexibility index (Phi) is 6.78. The minimum absolute atomic E-state index is 0.245. The van der Waals surface area contributed by atoms with Gasteiger partial charge < -0.3 is 5.11 Å². The van der Waals surface area contributed by atoms with Crippen LogP contribution in [-0.2, 0) is 0 Å². The highest BCUT2D eigenvalue weighted by Gasteiger charge is 2.03. The maximum absolute atomic E-state index is 9.57. The molecule has 0 aliphatic heterocycles. The van der Waals surface area contributed by atoms with Crippen LogP contribution in [0.4, 0.5) is 0 Å². The van der Waals surface area contributed by atoms with Crippen molar-refractivity contribution in [2.24, 2.45) is 0 Å². The lowest BCUT2D eigenvalue weighted by atomic mass is 10.0. The number of hydrogen-bond acceptors (Lipinski definition) is 1. The van der Waals surface area contributed by atoms with Crippen LogP contribution in [0.25, 0.3) is 0 Å². The maximum atomic E-state index is 9.57. The highest BCUT2D eigenvalue weighted by atomic mass is 16.3. The molecule has 70 valence electrons. The number of hydrogen-bond donors (Lipinski definition) is 1. The van der Waals surface area contributed by atoms with Gasteiger partial charge in [-0.25, -0.2) is 0 Å². The van der Waals surface area contributed by atoms with Gasteiger partial charge in [-0.2, -0.15) is 0 Å². The number of unbranched alkanes of at least 4 members (excludes halogenated alkanes) is 1. The third-order valence-corrected chi connectivity index (χ3v) is 1.94. The summed E-state index contributed by atoms with van der Waals surface area (Å²) in [7, 11) is 0. The zero-order valence-corrected chi connectivity index (χ0v) is 8.21. The van der Waals surface area contributed by atoms with E-state index in [1.54, 1.807) is 0 Å². The molecule has 1 atom stereocenters. The Balaban J connectivity index is 3.63. The molecule has 0 saturated heterocycles. The van der Waals surface area contributed by atoms with Gasteiger partial charge in [0.25, 0.3) is 0 Å². The number of aliphatic hydroxyl groups excluding tert-OH is 1. The van der Waals surface area contributed by atoms with E-state index in [-0.39, 0.29) is 6.10 Å². The Bertz CT molecular complexity index is 147. The van der Waals surface area contributed by atoms with Crippen LogP contribution >= 0.6 is 0 Å². The van der Waals surface area contributed by atoms with Crippen molar-refractivity contribution in [1.82, 2.24) is 0 Å². The fourth-order valence-electron chi connectivity index (χ4n) is 1.14. The van der Waals surface area contributed by atoms with Crippen molar-refractivity contribution in [1.29, 1.82) is 0 Å². The first-order valence-corrected chi connectivity index (χ1v) is 4.68. The molecule has 1 unspecified atom stereocenters. The number of rotatable bonds is 6. The minimum atomic E-state index is -0.245. The fourth-order valence-corrected chi connectivity index (χ4v) is 1.14. The van der Waals surface area contributed by atoms with Gasteiger partial charge in [0.05, 0.1) is 6.10 Å². The van der Waals surface area contributed by atoms with Gasteiger partial charge in [-0.3, -0.25) is 0 Å². The lowest BCUT2D eigenvalue weighted by Gasteiger charge is -2.09. The largest absolute Gasteiger partial charge is 0.389 e. The van der Waals surface area contributed by atoms with Gasteiger partial charge in [0.1, 0.15) is 0 Å². The van der Waals surface area contributed by atoms with Gasteiger partial charge in [0.15, 0.2) is 0 Å². The second-order valence-corrected chi connectivity index (χ2v) is 3.09. The first-order valence-electron chi connectivity index (χ1n) is 4.68. The molecular weight excluding hydrogens is 148 g/mol. The zero-order valence-electron chi connectivity index (χ0n) is 8.21. The van der Waals surface area contributed by atoms with Crippen molar-refractivity contribution in [2.75, 3.05) is 0 Å². The molecule has 0 aliphatic rings. The quantitative estimate of drug-likeness (QED) is 0.477. The first kappa shape index (κ1) is 11.4. The van der Waals surface area contributed by atoms with Crippen LogP contribution in [0.1, 0.15) is 39.5 Å². The molecular formula is C11H20O. The van der Waals surface area contributed by atoms with E-state index in [1.807, 2.05) is 13.0 Å². The molecule has 0 aromatic carbocycles. The van der Waals surface area contributed by atoms with Crippen LogP contribution in [0.15, 0.2) is 24.3 Å². The molecule has 0 heterocycles. The topological polar surface area (TPSA) is 20.2 Å². The fraction of sp³-hybridized carbons (Fsp3) is 0.636. The normalized spacial score (nSPS) is 14.4. The van der Waals surface area contributed by atoms with Crippen molar-refractivity contribution in [3.8, 4) is 0 Å². The van der Waals surface area contributed by atoms with E-state index in [4.69, 9.17) is 0 Å². The molecule has 0 fully saturated rings. The second-order valence-electron chi connectivity index (χ2n) is 3.09. The molecule has 0 bridgehead atoms. The molecule has 0 radical (unpaired) electrons. The number of aliphatic hydroxyl groups is 1. The van der Waals surface area contributed by atoms with Crippen molar-refractivity contribution in [3.05, 3.63) is 24.3 Å². The Hall–Kier alpha value is -0.560. The van der Waals surface area contributed by atoms with Crippen LogP contribution in [-0.4, -0.2) is 11.2 Å². The van der Waals surface area contributed by atoms with Gasteiger partial charge in [-0.05, 0) is 38.2 Å². The third-order valence-electron chi connectivity index (χ3n) is 1.94. The summed E-state index contributed by atoms with van der Waals surface area (Å²) in [4.78, 5) is 0. The summed E-state index contributed by atoms with van der Waals surface area (Å²) in [5.74, 6) is 0. The zero-order chi connectivity index (χ0) is 9.40. The summed E-state index contributed by atoms with van der Waals surface area (Å²) in [5.41, 5.74) is 1.10. The summed E-state index contributed by atoms with van der Waals surface area (Å²) < 4.78 is 0. The molecule has 0 aromatic heterocycles. The van der Waals surface area contributed by atoms with Gasteiger partial charge in [0, 0.05) is 0 Å². The van der Waals surface area contributed by atoms with Gasteiger partial charge in [-0.1, -0.05) is 19.1 Å². The van der Waals surface area contributed by atoms with E-state index in [0.29, 0.717) is 0 Å². The Morgan fingerprint density at radius 1 is 1.58 bits per heavy atom. The van der Waals surface area contributed by atoms with Crippen molar-refractivity contribution < 1.29 is 5.11 Å². The Morgan fingerprint density at radius 3 is 2.75 bits per heavy atom. The van der Waals surface area contributed by atoms with E-state index in [1.165, 1.54) is 0 Å². The van der Waals surface area contributed by atoms with E-state index in [2.05, 4.69) is 19.6 Å². The standard InChI is InChI=1S/C11H20O/c1-4-6-7-9-11(12)10(3)8-5-2/h4,8,11-12H,1,5-7,9H2,2-3H3/b10-8+. The highest BCUT2D eigenvalue weighted by Crippen LogP contribution is 2.10. The van der Waals surface area contributed by atoms with Crippen molar-refractivity contribution in [3.63, 3.8) is 0 Å². The molecule has 1 N–H and O–H groups in total. The molecule has 0 rings (SSSR count). The van der Waals surface area contributed by atoms with Crippen LogP contribution in [0.3, 0.4) is 0 Å². The van der Waals surface area contributed by atoms with Crippen LogP contribution < -0.4 is 0 Å². The summed E-state index contributed by atoms with van der Waals surface area (Å²) in [5, 5.41) is 9.57. The van der Waals surface area contributed by atoms with Crippen molar-refractivity contribution >= 4 is 0 Å². The molecule has 12 heavy (non-hydrogen) atoms. The van der Waals surface area contributed by atoms with Crippen LogP contribution in [0.5, 0.6) is 0 Å². The van der Waals surface area contributed by atoms with E-state index in [0.717, 1.165) is 31.3 Å². The minimum Gasteiger partial charge on any atom is -0.389 e. The van der Waals surface area contributed by atoms with E-state index in [9.17, 15) is 5.11 Å². The van der Waals surface area contributed by atoms with E-state index < -0.39 is 0 Å². The first-order chi connectivity index (χ1) is 5.72. The monoisotopic (exact) mass is 168 g/mol. The molecule has 0 amide bonds. The summed E-state index contributed by atoms with van der Waals surface area (Å²) in [6.07, 6.45) is 7.61. The van der Waals surface area contributed by atoms with Gasteiger partial charge in [-0.15, -0.1) is 6.58 Å². The lowest BCUT2D eigenvalue weighted by Crippen LogP contribution is -2.07. The summed E-state index contributed by atoms with van der Waals surface area (Å²) >= 11 is 0. The average Bonchev–Trinajstić information content (AvgIpc) is 2.05. The molecule has 0 aromatic rings. The number of allylic oxidation sites excluding steroid dienone is 2. The predicted molar refractivity (Wildman–Crippen MR) is 54.1 cm³/mol. The Labute approximate surface area is 75.8 Å². The van der Waals surface area contributed by atoms with Gasteiger partial charge >= 0.3 is 0 Å². The van der Waals surface area contributed by atoms with Crippen LogP contribution in [0.2, 0.25) is 0 Å². The Morgan fingerprint density at radius 2 is 2.25 bits per heavy atom. The van der Waals surface area contributed by atoms with Gasteiger partial charge in [0.2, 0.25) is 0 Å². The highest BCUT2D eigenvalue weighted by molar-refractivity contribution is 5.03. The molecule has 0 aliphatic carbocycles. The van der Waals surface area contributed by atoms with Crippen LogP contribution in [0, 0.1) is 0 Å². The molecule has 0 saturated carbocycles. The average molecular weight is 168 g/mol. The molecule has 1 heteroatoms. The smallest absolute Gasteiger partial charge is 0.0747 e.